The first-order valence-electron chi connectivity index (χ1n) is 29.9. The lowest BCUT2D eigenvalue weighted by Crippen LogP contribution is -2.52. The number of fused-ring (bicyclic) bond motifs is 18. The topological polar surface area (TPSA) is 53.5 Å². The van der Waals surface area contributed by atoms with Crippen molar-refractivity contribution in [3.63, 3.8) is 0 Å². The molecule has 0 amide bonds. The second kappa shape index (κ2) is 17.0. The van der Waals surface area contributed by atoms with Gasteiger partial charge in [0, 0.05) is 67.2 Å². The Hall–Kier alpha value is -10.1. The van der Waals surface area contributed by atoms with Gasteiger partial charge in [0.05, 0.1) is 33.1 Å². The summed E-state index contributed by atoms with van der Waals surface area (Å²) in [6.45, 7) is 13.9. The Morgan fingerprint density at radius 2 is 0.541 bits per heavy atom. The summed E-state index contributed by atoms with van der Waals surface area (Å²) in [6, 6.07) is 81.0. The number of hydrogen-bond donors (Lipinski definition) is 0. The minimum Gasteiger partial charge on any atom is -0.294 e. The van der Waals surface area contributed by atoms with E-state index in [-0.39, 0.29) is 23.0 Å². The van der Waals surface area contributed by atoms with Crippen LogP contribution in [0.5, 0.6) is 0 Å². The second-order valence-corrected chi connectivity index (χ2v) is 25.6. The minimum absolute atomic E-state index is 0.144. The van der Waals surface area contributed by atoms with Gasteiger partial charge in [-0.1, -0.05) is 204 Å². The van der Waals surface area contributed by atoms with Crippen LogP contribution in [0, 0.1) is 0 Å². The number of rotatable bonds is 6. The molecule has 7 heteroatoms. The lowest BCUT2D eigenvalue weighted by Gasteiger charge is -2.22. The van der Waals surface area contributed by atoms with Crippen LogP contribution in [0.3, 0.4) is 0 Å². The van der Waals surface area contributed by atoms with E-state index in [9.17, 15) is 0 Å². The van der Waals surface area contributed by atoms with E-state index in [0.29, 0.717) is 0 Å². The first-order valence-corrected chi connectivity index (χ1v) is 29.9. The van der Waals surface area contributed by atoms with Crippen molar-refractivity contribution in [3.8, 4) is 50.8 Å². The number of benzene rings is 9. The van der Waals surface area contributed by atoms with E-state index in [4.69, 9.17) is 15.0 Å². The van der Waals surface area contributed by atoms with Gasteiger partial charge >= 0.3 is 0 Å². The predicted molar refractivity (Wildman–Crippen MR) is 353 cm³/mol. The molecule has 6 aromatic heterocycles. The molecule has 9 aromatic carbocycles. The van der Waals surface area contributed by atoms with E-state index in [0.717, 1.165) is 66.9 Å². The molecule has 18 rings (SSSR count). The van der Waals surface area contributed by atoms with Crippen LogP contribution in [0.2, 0.25) is 0 Å². The summed E-state index contributed by atoms with van der Waals surface area (Å²) < 4.78 is 7.08. The van der Waals surface area contributed by atoms with Crippen LogP contribution in [-0.2, 0) is 16.2 Å². The van der Waals surface area contributed by atoms with Crippen LogP contribution in [0.4, 0.5) is 0 Å². The Morgan fingerprint density at radius 3 is 0.835 bits per heavy atom. The van der Waals surface area contributed by atoms with Gasteiger partial charge in [-0.15, -0.1) is 0 Å². The first-order chi connectivity index (χ1) is 41.4. The molecule has 0 fully saturated rings. The van der Waals surface area contributed by atoms with E-state index in [2.05, 4.69) is 292 Å². The molecule has 85 heavy (non-hydrogen) atoms. The lowest BCUT2D eigenvalue weighted by atomic mass is 9.37. The van der Waals surface area contributed by atoms with Crippen LogP contribution < -0.4 is 16.4 Å². The first kappa shape index (κ1) is 48.4. The van der Waals surface area contributed by atoms with E-state index >= 15 is 0 Å². The predicted octanol–water partition coefficient (Wildman–Crippen LogP) is 16.6. The van der Waals surface area contributed by atoms with Crippen molar-refractivity contribution in [3.05, 3.63) is 270 Å². The molecule has 0 saturated carbocycles. The highest BCUT2D eigenvalue weighted by atomic mass is 15.1. The van der Waals surface area contributed by atoms with Gasteiger partial charge in [0.25, 0.3) is 0 Å². The Balaban J connectivity index is 0.790. The molecule has 6 nitrogen and oxygen atoms in total. The molecule has 0 atom stereocenters. The smallest absolute Gasteiger partial charge is 0.247 e. The third-order valence-corrected chi connectivity index (χ3v) is 20.1. The molecule has 3 aliphatic carbocycles. The van der Waals surface area contributed by atoms with Crippen molar-refractivity contribution in [2.75, 3.05) is 0 Å². The van der Waals surface area contributed by atoms with Crippen molar-refractivity contribution in [1.29, 1.82) is 0 Å². The fraction of sp³-hybridized carbons (Fsp3) is 0.115. The number of hydrogen-bond acceptors (Lipinski definition) is 3. The summed E-state index contributed by atoms with van der Waals surface area (Å²) in [5.41, 5.74) is 25.6. The monoisotopic (exact) mass is 1090 g/mol. The van der Waals surface area contributed by atoms with Crippen molar-refractivity contribution >= 4 is 88.5 Å². The van der Waals surface area contributed by atoms with E-state index in [1.807, 2.05) is 0 Å². The molecule has 3 aliphatic rings. The molecule has 6 heterocycles. The number of pyridine rings is 3. The summed E-state index contributed by atoms with van der Waals surface area (Å²) in [5.74, 6) is 2.62. The lowest BCUT2D eigenvalue weighted by molar-refractivity contribution is 0.661. The second-order valence-electron chi connectivity index (χ2n) is 25.6. The zero-order valence-electron chi connectivity index (χ0n) is 48.3. The number of para-hydroxylation sites is 3. The molecule has 0 bridgehead atoms. The molecule has 15 aromatic rings. The Bertz CT molecular complexity index is 4850. The van der Waals surface area contributed by atoms with Crippen molar-refractivity contribution < 1.29 is 0 Å². The van der Waals surface area contributed by atoms with Crippen molar-refractivity contribution in [1.82, 2.24) is 28.7 Å². The SMILES string of the molecule is CC1(C)c2ccccc2-c2cc3c4ccccc4n(-c4ccc(B(c5ccc(-n6c7ccccc7c7cc8c(cc76)C(C)(C)c6ccccc6-8)nc5)c5ccc(-n6c7ccccc7c7cc8c(cc76)C(C)(C)c6ccccc6-8)nc5)cn4)c3cc21. The zero-order valence-corrected chi connectivity index (χ0v) is 48.3. The standard InChI is InChI=1S/C78H57BN6/c1-76(2)61-25-13-7-19-49(61)55-37-58-52-22-10-16-28-67(52)83(70(58)40-64(55)76)73-34-31-46(43-80-73)79(47-32-35-74(81-44-47)84-68-29-17-11-23-53(68)59-38-56-50-20-8-14-26-62(50)77(3,4)65(56)41-71(59)84)48-33-36-75(82-45-48)85-69-30-18-12-24-54(69)60-39-57-51-21-9-15-27-63(51)78(5,6)66(57)42-72(60)85/h7-45H,1-6H3. The van der Waals surface area contributed by atoms with Gasteiger partial charge in [-0.3, -0.25) is 13.7 Å². The van der Waals surface area contributed by atoms with Crippen LogP contribution in [0.25, 0.3) is 116 Å². The van der Waals surface area contributed by atoms with Gasteiger partial charge in [0.1, 0.15) is 17.5 Å². The molecule has 0 spiro atoms. The van der Waals surface area contributed by atoms with Crippen molar-refractivity contribution in [2.24, 2.45) is 0 Å². The maximum atomic E-state index is 5.44. The summed E-state index contributed by atoms with van der Waals surface area (Å²) in [5, 5.41) is 7.33. The van der Waals surface area contributed by atoms with E-state index in [1.54, 1.807) is 0 Å². The van der Waals surface area contributed by atoms with E-state index in [1.165, 1.54) is 99.1 Å². The molecule has 402 valence electrons. The van der Waals surface area contributed by atoms with Gasteiger partial charge in [-0.25, -0.2) is 15.0 Å². The Kier molecular flexibility index (Phi) is 9.70. The minimum atomic E-state index is -0.244. The molecule has 0 N–H and O–H groups in total. The fourth-order valence-corrected chi connectivity index (χ4v) is 15.9. The summed E-state index contributed by atoms with van der Waals surface area (Å²) in [7, 11) is 0. The molecular formula is C78H57BN6. The van der Waals surface area contributed by atoms with Crippen molar-refractivity contribution in [2.45, 2.75) is 57.8 Å². The van der Waals surface area contributed by atoms with Crippen LogP contribution in [-0.4, -0.2) is 35.4 Å². The average molecular weight is 1090 g/mol. The highest BCUT2D eigenvalue weighted by molar-refractivity contribution is 6.95. The molecule has 0 unspecified atom stereocenters. The maximum absolute atomic E-state index is 5.44. The summed E-state index contributed by atoms with van der Waals surface area (Å²) in [6.07, 6.45) is 6.24. The highest BCUT2D eigenvalue weighted by Crippen LogP contribution is 2.54. The third-order valence-electron chi connectivity index (χ3n) is 20.1. The zero-order chi connectivity index (χ0) is 56.8. The van der Waals surface area contributed by atoms with Crippen LogP contribution in [0.1, 0.15) is 74.9 Å². The van der Waals surface area contributed by atoms with Crippen LogP contribution in [0.15, 0.2) is 237 Å². The van der Waals surface area contributed by atoms with Crippen LogP contribution >= 0.6 is 0 Å². The van der Waals surface area contributed by atoms with Gasteiger partial charge < -0.3 is 0 Å². The molecule has 0 saturated heterocycles. The largest absolute Gasteiger partial charge is 0.294 e. The van der Waals surface area contributed by atoms with E-state index < -0.39 is 0 Å². The fourth-order valence-electron chi connectivity index (χ4n) is 15.9. The molecular weight excluding hydrogens is 1030 g/mol. The highest BCUT2D eigenvalue weighted by Gasteiger charge is 2.39. The average Bonchev–Trinajstić information content (AvgIpc) is 1.64. The Morgan fingerprint density at radius 1 is 0.259 bits per heavy atom. The number of nitrogens with zero attached hydrogens (tertiary/aromatic N) is 6. The normalized spacial score (nSPS) is 14.8. The van der Waals surface area contributed by atoms with Gasteiger partial charge in [0.15, 0.2) is 0 Å². The van der Waals surface area contributed by atoms with Gasteiger partial charge in [-0.2, -0.15) is 0 Å². The quantitative estimate of drug-likeness (QED) is 0.156. The molecule has 0 radical (unpaired) electrons. The number of aromatic nitrogens is 6. The summed E-state index contributed by atoms with van der Waals surface area (Å²) >= 11 is 0. The molecule has 0 aliphatic heterocycles. The van der Waals surface area contributed by atoms with Gasteiger partial charge in [-0.05, 0) is 140 Å². The Labute approximate surface area is 493 Å². The maximum Gasteiger partial charge on any atom is 0.247 e. The van der Waals surface area contributed by atoms with Gasteiger partial charge in [0.2, 0.25) is 6.71 Å². The summed E-state index contributed by atoms with van der Waals surface area (Å²) in [4.78, 5) is 16.3. The third kappa shape index (κ3) is 6.53.